The van der Waals surface area contributed by atoms with Gasteiger partial charge in [0.25, 0.3) is 0 Å². The predicted octanol–water partition coefficient (Wildman–Crippen LogP) is 2.98. The van der Waals surface area contributed by atoms with Crippen LogP contribution in [0, 0.1) is 0 Å². The quantitative estimate of drug-likeness (QED) is 0.564. The number of rotatable bonds is 4. The van der Waals surface area contributed by atoms with Crippen molar-refractivity contribution in [3.05, 3.63) is 23.8 Å². The molecule has 76 valence electrons. The monoisotopic (exact) mass is 212 g/mol. The molecule has 1 aromatic rings. The summed E-state index contributed by atoms with van der Waals surface area (Å²) in [6.45, 7) is 0.348. The highest BCUT2D eigenvalue weighted by molar-refractivity contribution is 6.17. The zero-order valence-electron chi connectivity index (χ0n) is 7.96. The fourth-order valence-electron chi connectivity index (χ4n) is 1.52. The largest absolute Gasteiger partial charge is 0.454 e. The normalized spacial score (nSPS) is 13.2. The predicted molar refractivity (Wildman–Crippen MR) is 56.2 cm³/mol. The fourth-order valence-corrected chi connectivity index (χ4v) is 1.71. The molecular formula is C11H13ClO2. The van der Waals surface area contributed by atoms with E-state index in [9.17, 15) is 0 Å². The number of unbranched alkanes of at least 4 members (excludes halogenated alkanes) is 1. The summed E-state index contributed by atoms with van der Waals surface area (Å²) >= 11 is 5.62. The third-order valence-corrected chi connectivity index (χ3v) is 2.55. The summed E-state index contributed by atoms with van der Waals surface area (Å²) in [6.07, 6.45) is 3.25. The van der Waals surface area contributed by atoms with Crippen LogP contribution in [-0.4, -0.2) is 12.7 Å². The third-order valence-electron chi connectivity index (χ3n) is 2.29. The van der Waals surface area contributed by atoms with E-state index in [4.69, 9.17) is 21.1 Å². The Kier molecular flexibility index (Phi) is 3.14. The van der Waals surface area contributed by atoms with Gasteiger partial charge >= 0.3 is 0 Å². The van der Waals surface area contributed by atoms with Gasteiger partial charge in [-0.15, -0.1) is 11.6 Å². The summed E-state index contributed by atoms with van der Waals surface area (Å²) in [5.74, 6) is 2.46. The molecule has 0 radical (unpaired) electrons. The smallest absolute Gasteiger partial charge is 0.231 e. The number of hydrogen-bond donors (Lipinski definition) is 0. The Bertz CT molecular complexity index is 312. The van der Waals surface area contributed by atoms with Crippen molar-refractivity contribution in [2.45, 2.75) is 19.3 Å². The first kappa shape index (κ1) is 9.66. The van der Waals surface area contributed by atoms with E-state index in [1.165, 1.54) is 5.56 Å². The number of hydrogen-bond acceptors (Lipinski definition) is 2. The van der Waals surface area contributed by atoms with E-state index >= 15 is 0 Å². The number of aryl methyl sites for hydroxylation is 1. The van der Waals surface area contributed by atoms with Crippen LogP contribution in [0.3, 0.4) is 0 Å². The lowest BCUT2D eigenvalue weighted by molar-refractivity contribution is 0.174. The molecule has 0 unspecified atom stereocenters. The minimum absolute atomic E-state index is 0.348. The van der Waals surface area contributed by atoms with Gasteiger partial charge in [-0.2, -0.15) is 0 Å². The van der Waals surface area contributed by atoms with Gasteiger partial charge in [0.1, 0.15) is 0 Å². The van der Waals surface area contributed by atoms with Crippen molar-refractivity contribution in [3.63, 3.8) is 0 Å². The average molecular weight is 213 g/mol. The van der Waals surface area contributed by atoms with E-state index in [0.717, 1.165) is 36.6 Å². The van der Waals surface area contributed by atoms with Gasteiger partial charge in [-0.05, 0) is 37.0 Å². The molecule has 1 aliphatic heterocycles. The van der Waals surface area contributed by atoms with E-state index in [1.54, 1.807) is 0 Å². The second kappa shape index (κ2) is 4.56. The van der Waals surface area contributed by atoms with Gasteiger partial charge in [-0.25, -0.2) is 0 Å². The van der Waals surface area contributed by atoms with Crippen LogP contribution in [0.25, 0.3) is 0 Å². The van der Waals surface area contributed by atoms with Crippen LogP contribution in [0.1, 0.15) is 18.4 Å². The first-order valence-electron chi connectivity index (χ1n) is 4.84. The number of benzene rings is 1. The van der Waals surface area contributed by atoms with Gasteiger partial charge in [-0.3, -0.25) is 0 Å². The molecule has 1 aliphatic rings. The van der Waals surface area contributed by atoms with Crippen LogP contribution in [-0.2, 0) is 6.42 Å². The molecular weight excluding hydrogens is 200 g/mol. The van der Waals surface area contributed by atoms with Crippen molar-refractivity contribution in [2.75, 3.05) is 12.7 Å². The SMILES string of the molecule is ClCCCCc1ccc2c(c1)OCO2. The van der Waals surface area contributed by atoms with Crippen LogP contribution in [0.2, 0.25) is 0 Å². The first-order valence-corrected chi connectivity index (χ1v) is 5.38. The summed E-state index contributed by atoms with van der Waals surface area (Å²) < 4.78 is 10.5. The number of fused-ring (bicyclic) bond motifs is 1. The Morgan fingerprint density at radius 3 is 2.86 bits per heavy atom. The molecule has 3 heteroatoms. The van der Waals surface area contributed by atoms with Crippen LogP contribution < -0.4 is 9.47 Å². The maximum atomic E-state index is 5.62. The Balaban J connectivity index is 1.98. The molecule has 0 amide bonds. The lowest BCUT2D eigenvalue weighted by Crippen LogP contribution is -1.93. The molecule has 0 aromatic heterocycles. The minimum atomic E-state index is 0.348. The summed E-state index contributed by atoms with van der Waals surface area (Å²) in [5, 5.41) is 0. The molecule has 2 nitrogen and oxygen atoms in total. The summed E-state index contributed by atoms with van der Waals surface area (Å²) in [5.41, 5.74) is 1.29. The van der Waals surface area contributed by atoms with E-state index in [1.807, 2.05) is 6.07 Å². The molecule has 0 spiro atoms. The average Bonchev–Trinajstić information content (AvgIpc) is 2.65. The van der Waals surface area contributed by atoms with Gasteiger partial charge < -0.3 is 9.47 Å². The van der Waals surface area contributed by atoms with Crippen LogP contribution in [0.15, 0.2) is 18.2 Å². The molecule has 0 saturated carbocycles. The zero-order chi connectivity index (χ0) is 9.80. The standard InChI is InChI=1S/C11H13ClO2/c12-6-2-1-3-9-4-5-10-11(7-9)14-8-13-10/h4-5,7H,1-3,6,8H2. The lowest BCUT2D eigenvalue weighted by atomic mass is 10.1. The van der Waals surface area contributed by atoms with Gasteiger partial charge in [0.15, 0.2) is 11.5 Å². The van der Waals surface area contributed by atoms with Crippen molar-refractivity contribution in [3.8, 4) is 11.5 Å². The summed E-state index contributed by atoms with van der Waals surface area (Å²) in [6, 6.07) is 6.11. The minimum Gasteiger partial charge on any atom is -0.454 e. The van der Waals surface area contributed by atoms with E-state index in [-0.39, 0.29) is 0 Å². The van der Waals surface area contributed by atoms with Crippen molar-refractivity contribution in [2.24, 2.45) is 0 Å². The maximum absolute atomic E-state index is 5.62. The second-order valence-electron chi connectivity index (χ2n) is 3.33. The van der Waals surface area contributed by atoms with Crippen molar-refractivity contribution >= 4 is 11.6 Å². The molecule has 0 fully saturated rings. The highest BCUT2D eigenvalue weighted by Crippen LogP contribution is 2.32. The van der Waals surface area contributed by atoms with Crippen molar-refractivity contribution < 1.29 is 9.47 Å². The van der Waals surface area contributed by atoms with Gasteiger partial charge in [0, 0.05) is 5.88 Å². The summed E-state index contributed by atoms with van der Waals surface area (Å²) in [4.78, 5) is 0. The molecule has 0 bridgehead atoms. The molecule has 2 rings (SSSR count). The molecule has 0 atom stereocenters. The Morgan fingerprint density at radius 1 is 1.14 bits per heavy atom. The second-order valence-corrected chi connectivity index (χ2v) is 3.71. The molecule has 14 heavy (non-hydrogen) atoms. The lowest BCUT2D eigenvalue weighted by Gasteiger charge is -2.01. The highest BCUT2D eigenvalue weighted by atomic mass is 35.5. The Morgan fingerprint density at radius 2 is 2.00 bits per heavy atom. The fraction of sp³-hybridized carbons (Fsp3) is 0.455. The van der Waals surface area contributed by atoms with Crippen LogP contribution in [0.4, 0.5) is 0 Å². The van der Waals surface area contributed by atoms with Crippen molar-refractivity contribution in [1.29, 1.82) is 0 Å². The topological polar surface area (TPSA) is 18.5 Å². The molecule has 0 aliphatic carbocycles. The number of halogens is 1. The van der Waals surface area contributed by atoms with E-state index < -0.39 is 0 Å². The van der Waals surface area contributed by atoms with Gasteiger partial charge in [-0.1, -0.05) is 6.07 Å². The third kappa shape index (κ3) is 2.13. The number of ether oxygens (including phenoxy) is 2. The molecule has 0 N–H and O–H groups in total. The molecule has 0 saturated heterocycles. The van der Waals surface area contributed by atoms with Crippen LogP contribution >= 0.6 is 11.6 Å². The zero-order valence-corrected chi connectivity index (χ0v) is 8.72. The van der Waals surface area contributed by atoms with E-state index in [2.05, 4.69) is 12.1 Å². The van der Waals surface area contributed by atoms with Crippen LogP contribution in [0.5, 0.6) is 11.5 Å². The maximum Gasteiger partial charge on any atom is 0.231 e. The molecule has 1 heterocycles. The molecule has 1 aromatic carbocycles. The van der Waals surface area contributed by atoms with Gasteiger partial charge in [0.2, 0.25) is 6.79 Å². The first-order chi connectivity index (χ1) is 6.90. The Labute approximate surface area is 88.8 Å². The summed E-state index contributed by atoms with van der Waals surface area (Å²) in [7, 11) is 0. The van der Waals surface area contributed by atoms with E-state index in [0.29, 0.717) is 6.79 Å². The van der Waals surface area contributed by atoms with Crippen molar-refractivity contribution in [1.82, 2.24) is 0 Å². The van der Waals surface area contributed by atoms with Gasteiger partial charge in [0.05, 0.1) is 0 Å². The number of alkyl halides is 1. The highest BCUT2D eigenvalue weighted by Gasteiger charge is 2.12. The Hall–Kier alpha value is -0.890.